The van der Waals surface area contributed by atoms with Crippen LogP contribution in [-0.4, -0.2) is 18.7 Å². The number of amides is 1. The van der Waals surface area contributed by atoms with Crippen LogP contribution in [-0.2, 0) is 11.3 Å². The number of nitrogens with one attached hydrogen (secondary N) is 4. The molecule has 4 N–H and O–H groups in total. The van der Waals surface area contributed by atoms with E-state index in [-0.39, 0.29) is 36.0 Å². The second-order valence-corrected chi connectivity index (χ2v) is 9.50. The van der Waals surface area contributed by atoms with Crippen molar-refractivity contribution in [2.45, 2.75) is 45.1 Å². The molecule has 2 aliphatic heterocycles. The first-order chi connectivity index (χ1) is 17.1. The van der Waals surface area contributed by atoms with Crippen molar-refractivity contribution in [1.29, 1.82) is 0 Å². The quantitative estimate of drug-likeness (QED) is 0.418. The lowest BCUT2D eigenvalue weighted by Crippen LogP contribution is -2.54. The van der Waals surface area contributed by atoms with E-state index in [1.807, 2.05) is 25.1 Å². The maximum absolute atomic E-state index is 13.7. The highest BCUT2D eigenvalue weighted by Gasteiger charge is 2.49. The second kappa shape index (κ2) is 10.6. The van der Waals surface area contributed by atoms with Crippen molar-refractivity contribution >= 4 is 5.91 Å². The molecule has 5 unspecified atom stereocenters. The van der Waals surface area contributed by atoms with Gasteiger partial charge in [-0.1, -0.05) is 72.3 Å². The molecule has 2 saturated heterocycles. The van der Waals surface area contributed by atoms with Gasteiger partial charge in [0.05, 0.1) is 18.8 Å². The highest BCUT2D eigenvalue weighted by atomic mass is 16.5. The molecule has 0 saturated carbocycles. The van der Waals surface area contributed by atoms with Crippen LogP contribution in [0.15, 0.2) is 78.9 Å². The summed E-state index contributed by atoms with van der Waals surface area (Å²) in [6, 6.07) is 27.0. The summed E-state index contributed by atoms with van der Waals surface area (Å²) in [5, 5.41) is 6.98. The van der Waals surface area contributed by atoms with Crippen LogP contribution in [0.4, 0.5) is 0 Å². The normalized spacial score (nSPS) is 25.6. The van der Waals surface area contributed by atoms with Gasteiger partial charge < -0.3 is 10.1 Å². The number of carbonyl (C=O) groups excluding carboxylic acids is 1. The molecule has 2 aliphatic rings. The third-order valence-corrected chi connectivity index (χ3v) is 7.18. The summed E-state index contributed by atoms with van der Waals surface area (Å²) in [7, 11) is 0. The minimum Gasteiger partial charge on any atom is -0.494 e. The van der Waals surface area contributed by atoms with Gasteiger partial charge >= 0.3 is 0 Å². The lowest BCUT2D eigenvalue weighted by atomic mass is 9.74. The van der Waals surface area contributed by atoms with E-state index < -0.39 is 0 Å². The van der Waals surface area contributed by atoms with E-state index >= 15 is 0 Å². The molecule has 35 heavy (non-hydrogen) atoms. The third kappa shape index (κ3) is 5.25. The molecule has 0 aliphatic carbocycles. The fraction of sp³-hybridized carbons (Fsp3) is 0.345. The maximum Gasteiger partial charge on any atom is 0.223 e. The van der Waals surface area contributed by atoms with Gasteiger partial charge in [-0.2, -0.15) is 0 Å². The van der Waals surface area contributed by atoms with E-state index in [9.17, 15) is 4.79 Å². The van der Waals surface area contributed by atoms with E-state index in [1.54, 1.807) is 0 Å². The Hall–Kier alpha value is -3.19. The number of hydrogen-bond donors (Lipinski definition) is 4. The van der Waals surface area contributed by atoms with E-state index in [4.69, 9.17) is 4.74 Å². The van der Waals surface area contributed by atoms with Gasteiger partial charge in [-0.15, -0.1) is 0 Å². The van der Waals surface area contributed by atoms with Crippen LogP contribution in [0.2, 0.25) is 0 Å². The number of fused-ring (bicyclic) bond motifs is 1. The Bertz CT molecular complexity index is 1120. The van der Waals surface area contributed by atoms with E-state index in [1.165, 1.54) is 11.1 Å². The van der Waals surface area contributed by atoms with Crippen molar-refractivity contribution in [1.82, 2.24) is 21.5 Å². The van der Waals surface area contributed by atoms with Gasteiger partial charge in [0.15, 0.2) is 0 Å². The van der Waals surface area contributed by atoms with E-state index in [0.29, 0.717) is 13.2 Å². The number of rotatable bonds is 7. The van der Waals surface area contributed by atoms with Crippen molar-refractivity contribution in [2.75, 3.05) is 6.61 Å². The summed E-state index contributed by atoms with van der Waals surface area (Å²) in [6.45, 7) is 5.23. The first-order valence-electron chi connectivity index (χ1n) is 12.5. The highest BCUT2D eigenvalue weighted by molar-refractivity contribution is 5.79. The van der Waals surface area contributed by atoms with Crippen molar-refractivity contribution in [2.24, 2.45) is 11.8 Å². The average molecular weight is 471 g/mol. The molecule has 2 fully saturated rings. The standard InChI is InChI=1S/C29H34N4O2/c1-3-35-23-15-13-21(14-16-23)25-17-24(29(34)30-18-20-11-9-19(2)10-12-20)26-27(32-33-28(26)31-25)22-7-5-4-6-8-22/h4-16,24-28,31-33H,3,17-18H2,1-2H3,(H,30,34). The Balaban J connectivity index is 1.38. The summed E-state index contributed by atoms with van der Waals surface area (Å²) in [4.78, 5) is 13.7. The molecule has 0 spiro atoms. The van der Waals surface area contributed by atoms with Gasteiger partial charge in [-0.3, -0.25) is 10.1 Å². The summed E-state index contributed by atoms with van der Waals surface area (Å²) < 4.78 is 5.61. The SMILES string of the molecule is CCOc1ccc(C2CC(C(=O)NCc3ccc(C)cc3)C3C(NNC3c3ccccc3)N2)cc1. The predicted octanol–water partition coefficient (Wildman–Crippen LogP) is 4.15. The molecule has 3 aromatic rings. The van der Waals surface area contributed by atoms with Crippen molar-refractivity contribution in [3.05, 3.63) is 101 Å². The smallest absolute Gasteiger partial charge is 0.223 e. The maximum atomic E-state index is 13.7. The zero-order valence-corrected chi connectivity index (χ0v) is 20.3. The van der Waals surface area contributed by atoms with Crippen LogP contribution in [0, 0.1) is 18.8 Å². The summed E-state index contributed by atoms with van der Waals surface area (Å²) in [6.07, 6.45) is 0.697. The van der Waals surface area contributed by atoms with Crippen LogP contribution in [0.3, 0.4) is 0 Å². The van der Waals surface area contributed by atoms with Crippen molar-refractivity contribution in [3.8, 4) is 5.75 Å². The molecular formula is C29H34N4O2. The average Bonchev–Trinajstić information content (AvgIpc) is 3.33. The van der Waals surface area contributed by atoms with Gasteiger partial charge in [0, 0.05) is 24.4 Å². The molecule has 6 heteroatoms. The molecule has 1 amide bonds. The molecular weight excluding hydrogens is 436 g/mol. The molecule has 3 aromatic carbocycles. The van der Waals surface area contributed by atoms with Crippen LogP contribution in [0.5, 0.6) is 5.75 Å². The molecule has 2 heterocycles. The Morgan fingerprint density at radius 2 is 1.69 bits per heavy atom. The summed E-state index contributed by atoms with van der Waals surface area (Å²) in [5.74, 6) is 0.886. The number of piperidine rings is 1. The number of carbonyl (C=O) groups is 1. The van der Waals surface area contributed by atoms with Crippen LogP contribution < -0.4 is 26.2 Å². The minimum absolute atomic E-state index is 0.0272. The molecule has 5 atom stereocenters. The topological polar surface area (TPSA) is 74.4 Å². The number of benzene rings is 3. The number of ether oxygens (including phenoxy) is 1. The van der Waals surface area contributed by atoms with Crippen molar-refractivity contribution in [3.63, 3.8) is 0 Å². The fourth-order valence-electron chi connectivity index (χ4n) is 5.35. The second-order valence-electron chi connectivity index (χ2n) is 9.50. The Morgan fingerprint density at radius 3 is 2.40 bits per heavy atom. The van der Waals surface area contributed by atoms with Gasteiger partial charge in [0.1, 0.15) is 5.75 Å². The Morgan fingerprint density at radius 1 is 0.943 bits per heavy atom. The number of hydrogen-bond acceptors (Lipinski definition) is 5. The van der Waals surface area contributed by atoms with Gasteiger partial charge in [0.2, 0.25) is 5.91 Å². The molecule has 0 bridgehead atoms. The van der Waals surface area contributed by atoms with Gasteiger partial charge in [-0.25, -0.2) is 10.9 Å². The zero-order valence-electron chi connectivity index (χ0n) is 20.3. The largest absolute Gasteiger partial charge is 0.494 e. The van der Waals surface area contributed by atoms with Crippen LogP contribution >= 0.6 is 0 Å². The third-order valence-electron chi connectivity index (χ3n) is 7.18. The molecule has 0 aromatic heterocycles. The van der Waals surface area contributed by atoms with Crippen molar-refractivity contribution < 1.29 is 9.53 Å². The van der Waals surface area contributed by atoms with Gasteiger partial charge in [0.25, 0.3) is 0 Å². The van der Waals surface area contributed by atoms with E-state index in [0.717, 1.165) is 23.3 Å². The Labute approximate surface area is 207 Å². The summed E-state index contributed by atoms with van der Waals surface area (Å²) in [5.41, 5.74) is 11.6. The molecule has 6 nitrogen and oxygen atoms in total. The lowest BCUT2D eigenvalue weighted by molar-refractivity contribution is -0.129. The molecule has 5 rings (SSSR count). The minimum atomic E-state index is -0.157. The molecule has 182 valence electrons. The summed E-state index contributed by atoms with van der Waals surface area (Å²) >= 11 is 0. The zero-order chi connectivity index (χ0) is 24.2. The van der Waals surface area contributed by atoms with Crippen LogP contribution in [0.1, 0.15) is 47.7 Å². The highest BCUT2D eigenvalue weighted by Crippen LogP contribution is 2.42. The van der Waals surface area contributed by atoms with Gasteiger partial charge in [-0.05, 0) is 49.1 Å². The van der Waals surface area contributed by atoms with E-state index in [2.05, 4.69) is 89.1 Å². The molecule has 0 radical (unpaired) electrons. The fourth-order valence-corrected chi connectivity index (χ4v) is 5.35. The van der Waals surface area contributed by atoms with Crippen LogP contribution in [0.25, 0.3) is 0 Å². The predicted molar refractivity (Wildman–Crippen MR) is 137 cm³/mol. The number of aryl methyl sites for hydroxylation is 1. The first kappa shape index (κ1) is 23.5. The monoisotopic (exact) mass is 470 g/mol. The number of hydrazine groups is 1. The first-order valence-corrected chi connectivity index (χ1v) is 12.5. The lowest BCUT2D eigenvalue weighted by Gasteiger charge is -2.40. The Kier molecular flexibility index (Phi) is 7.13.